The Labute approximate surface area is 158 Å². The van der Waals surface area contributed by atoms with E-state index < -0.39 is 0 Å². The van der Waals surface area contributed by atoms with Gasteiger partial charge in [-0.2, -0.15) is 16.6 Å². The lowest BCUT2D eigenvalue weighted by Crippen LogP contribution is -2.62. The third kappa shape index (κ3) is 3.45. The lowest BCUT2D eigenvalue weighted by Gasteiger charge is -2.54. The summed E-state index contributed by atoms with van der Waals surface area (Å²) in [7, 11) is 0. The number of hydrogen-bond acceptors (Lipinski definition) is 5. The lowest BCUT2D eigenvalue weighted by atomic mass is 9.69. The molecule has 0 radical (unpaired) electrons. The molecule has 2 N–H and O–H groups in total. The van der Waals surface area contributed by atoms with Crippen molar-refractivity contribution < 1.29 is 5.11 Å². The predicted octanol–water partition coefficient (Wildman–Crippen LogP) is 2.80. The number of nitrogens with zero attached hydrogens (tertiary/aromatic N) is 3. The Balaban J connectivity index is 1.51. The number of aliphatic hydroxyl groups is 1. The molecule has 2 aliphatic rings. The summed E-state index contributed by atoms with van der Waals surface area (Å²) in [6.07, 6.45) is 5.26. The standard InChI is InChI=1S/C20H26N4OS/c21-9-18-8-17(10-22-18)12-24-5-1-3-20(15-25)4-6-23(13-19(20)24)11-16-2-7-26-14-16/h2,7-8,10,14,19,22,25H,1,3-6,11-13,15H2/t19-,20-/m1/s1. The van der Waals surface area contributed by atoms with Gasteiger partial charge in [0.05, 0.1) is 6.61 Å². The number of H-pyrrole nitrogens is 1. The van der Waals surface area contributed by atoms with Crippen LogP contribution in [0.25, 0.3) is 0 Å². The van der Waals surface area contributed by atoms with Gasteiger partial charge in [-0.05, 0) is 66.4 Å². The molecule has 2 aromatic rings. The van der Waals surface area contributed by atoms with Crippen LogP contribution in [-0.2, 0) is 13.1 Å². The maximum absolute atomic E-state index is 10.3. The first-order valence-corrected chi connectivity index (χ1v) is 10.3. The van der Waals surface area contributed by atoms with E-state index in [9.17, 15) is 5.11 Å². The minimum absolute atomic E-state index is 0.0256. The van der Waals surface area contributed by atoms with Gasteiger partial charge in [-0.3, -0.25) is 9.80 Å². The molecule has 0 aliphatic carbocycles. The number of nitriles is 1. The van der Waals surface area contributed by atoms with Crippen LogP contribution < -0.4 is 0 Å². The fraction of sp³-hybridized carbons (Fsp3) is 0.550. The topological polar surface area (TPSA) is 66.3 Å². The van der Waals surface area contributed by atoms with E-state index >= 15 is 0 Å². The summed E-state index contributed by atoms with van der Waals surface area (Å²) in [6.45, 7) is 5.24. The summed E-state index contributed by atoms with van der Waals surface area (Å²) in [5, 5.41) is 23.7. The van der Waals surface area contributed by atoms with Crippen LogP contribution in [0.4, 0.5) is 0 Å². The van der Waals surface area contributed by atoms with Gasteiger partial charge in [0.25, 0.3) is 0 Å². The van der Waals surface area contributed by atoms with Crippen LogP contribution in [0.2, 0.25) is 0 Å². The summed E-state index contributed by atoms with van der Waals surface area (Å²) in [5.74, 6) is 0. The van der Waals surface area contributed by atoms with E-state index in [4.69, 9.17) is 5.26 Å². The number of hydrogen-bond donors (Lipinski definition) is 2. The van der Waals surface area contributed by atoms with Crippen LogP contribution in [0, 0.1) is 16.7 Å². The van der Waals surface area contributed by atoms with Crippen LogP contribution in [0.5, 0.6) is 0 Å². The molecule has 5 nitrogen and oxygen atoms in total. The van der Waals surface area contributed by atoms with E-state index in [1.165, 1.54) is 5.56 Å². The highest BCUT2D eigenvalue weighted by Gasteiger charge is 2.47. The second-order valence-electron chi connectivity index (χ2n) is 7.76. The monoisotopic (exact) mass is 370 g/mol. The average molecular weight is 371 g/mol. The zero-order valence-electron chi connectivity index (χ0n) is 15.0. The Morgan fingerprint density at radius 3 is 2.96 bits per heavy atom. The van der Waals surface area contributed by atoms with Crippen molar-refractivity contribution in [3.63, 3.8) is 0 Å². The van der Waals surface area contributed by atoms with Crippen LogP contribution in [-0.4, -0.2) is 52.2 Å². The molecular formula is C20H26N4OS. The minimum atomic E-state index is 0.0256. The summed E-state index contributed by atoms with van der Waals surface area (Å²) in [4.78, 5) is 8.10. The Hall–Kier alpha value is -1.65. The molecule has 0 spiro atoms. The van der Waals surface area contributed by atoms with Crippen molar-refractivity contribution in [2.45, 2.75) is 38.4 Å². The van der Waals surface area contributed by atoms with Crippen molar-refractivity contribution in [1.29, 1.82) is 5.26 Å². The van der Waals surface area contributed by atoms with Gasteiger partial charge in [-0.1, -0.05) is 0 Å². The number of nitrogens with one attached hydrogen (secondary N) is 1. The van der Waals surface area contributed by atoms with Crippen molar-refractivity contribution in [3.05, 3.63) is 45.9 Å². The smallest absolute Gasteiger partial charge is 0.117 e. The van der Waals surface area contributed by atoms with Gasteiger partial charge >= 0.3 is 0 Å². The van der Waals surface area contributed by atoms with Gasteiger partial charge in [-0.15, -0.1) is 0 Å². The molecule has 26 heavy (non-hydrogen) atoms. The van der Waals surface area contributed by atoms with Crippen molar-refractivity contribution in [2.75, 3.05) is 26.2 Å². The predicted molar refractivity (Wildman–Crippen MR) is 103 cm³/mol. The van der Waals surface area contributed by atoms with Crippen molar-refractivity contribution in [1.82, 2.24) is 14.8 Å². The fourth-order valence-electron chi connectivity index (χ4n) is 4.73. The van der Waals surface area contributed by atoms with Crippen molar-refractivity contribution in [2.24, 2.45) is 5.41 Å². The Bertz CT molecular complexity index is 765. The highest BCUT2D eigenvalue weighted by molar-refractivity contribution is 7.07. The fourth-order valence-corrected chi connectivity index (χ4v) is 5.39. The Morgan fingerprint density at radius 1 is 1.31 bits per heavy atom. The van der Waals surface area contributed by atoms with Gasteiger partial charge in [0.15, 0.2) is 0 Å². The zero-order valence-corrected chi connectivity index (χ0v) is 15.8. The summed E-state index contributed by atoms with van der Waals surface area (Å²) < 4.78 is 0. The highest BCUT2D eigenvalue weighted by atomic mass is 32.1. The van der Waals surface area contributed by atoms with Crippen molar-refractivity contribution in [3.8, 4) is 6.07 Å². The average Bonchev–Trinajstić information content (AvgIpc) is 3.34. The molecule has 2 fully saturated rings. The maximum atomic E-state index is 10.3. The quantitative estimate of drug-likeness (QED) is 0.849. The lowest BCUT2D eigenvalue weighted by molar-refractivity contribution is -0.0808. The Morgan fingerprint density at radius 2 is 2.23 bits per heavy atom. The number of aromatic amines is 1. The maximum Gasteiger partial charge on any atom is 0.117 e. The number of aromatic nitrogens is 1. The first-order chi connectivity index (χ1) is 12.7. The molecule has 2 aliphatic heterocycles. The van der Waals surface area contributed by atoms with E-state index in [0.29, 0.717) is 11.7 Å². The van der Waals surface area contributed by atoms with Gasteiger partial charge in [0, 0.05) is 37.3 Å². The molecule has 4 rings (SSSR count). The van der Waals surface area contributed by atoms with Crippen LogP contribution in [0.1, 0.15) is 36.1 Å². The summed E-state index contributed by atoms with van der Waals surface area (Å²) >= 11 is 1.75. The largest absolute Gasteiger partial charge is 0.396 e. The number of piperidine rings is 2. The summed E-state index contributed by atoms with van der Waals surface area (Å²) in [6, 6.07) is 6.69. The number of fused-ring (bicyclic) bond motifs is 1. The van der Waals surface area contributed by atoms with Crippen molar-refractivity contribution >= 4 is 11.3 Å². The Kier molecular flexibility index (Phi) is 5.14. The van der Waals surface area contributed by atoms with Gasteiger partial charge in [0.2, 0.25) is 0 Å². The molecule has 138 valence electrons. The van der Waals surface area contributed by atoms with Crippen LogP contribution >= 0.6 is 11.3 Å². The number of aliphatic hydroxyl groups excluding tert-OH is 1. The molecule has 0 saturated carbocycles. The SMILES string of the molecule is N#Cc1cc(CN2CCC[C@]3(CO)CCN(Cc4ccsc4)C[C@@H]23)c[nH]1. The third-order valence-electron chi connectivity index (χ3n) is 6.17. The molecule has 0 bridgehead atoms. The zero-order chi connectivity index (χ0) is 18.0. The highest BCUT2D eigenvalue weighted by Crippen LogP contribution is 2.42. The second-order valence-corrected chi connectivity index (χ2v) is 8.54. The summed E-state index contributed by atoms with van der Waals surface area (Å²) in [5.41, 5.74) is 3.19. The van der Waals surface area contributed by atoms with Crippen LogP contribution in [0.3, 0.4) is 0 Å². The minimum Gasteiger partial charge on any atom is -0.396 e. The molecule has 0 unspecified atom stereocenters. The van der Waals surface area contributed by atoms with E-state index in [1.807, 2.05) is 12.3 Å². The number of rotatable bonds is 5. The third-order valence-corrected chi connectivity index (χ3v) is 6.91. The van der Waals surface area contributed by atoms with E-state index in [0.717, 1.165) is 57.5 Å². The number of thiophene rings is 1. The van der Waals surface area contributed by atoms with Gasteiger partial charge < -0.3 is 10.1 Å². The molecule has 0 aromatic carbocycles. The van der Waals surface area contributed by atoms with E-state index in [1.54, 1.807) is 11.3 Å². The van der Waals surface area contributed by atoms with Crippen LogP contribution in [0.15, 0.2) is 29.1 Å². The first kappa shape index (κ1) is 17.7. The van der Waals surface area contributed by atoms with E-state index in [2.05, 4.69) is 37.7 Å². The molecular weight excluding hydrogens is 344 g/mol. The molecule has 0 amide bonds. The number of likely N-dealkylation sites (tertiary alicyclic amines) is 2. The molecule has 2 atom stereocenters. The second kappa shape index (κ2) is 7.53. The van der Waals surface area contributed by atoms with Gasteiger partial charge in [-0.25, -0.2) is 0 Å². The molecule has 2 aromatic heterocycles. The normalized spacial score (nSPS) is 27.2. The first-order valence-electron chi connectivity index (χ1n) is 9.38. The molecule has 6 heteroatoms. The molecule has 4 heterocycles. The molecule has 2 saturated heterocycles. The van der Waals surface area contributed by atoms with Gasteiger partial charge in [0.1, 0.15) is 11.8 Å². The van der Waals surface area contributed by atoms with E-state index in [-0.39, 0.29) is 12.0 Å².